The van der Waals surface area contributed by atoms with Gasteiger partial charge in [0.15, 0.2) is 6.29 Å². The second-order valence-electron chi connectivity index (χ2n) is 3.57. The van der Waals surface area contributed by atoms with Gasteiger partial charge >= 0.3 is 0 Å². The van der Waals surface area contributed by atoms with E-state index in [0.717, 1.165) is 5.39 Å². The van der Waals surface area contributed by atoms with Crippen molar-refractivity contribution in [2.75, 3.05) is 0 Å². The molecule has 0 aliphatic rings. The van der Waals surface area contributed by atoms with E-state index in [1.165, 1.54) is 0 Å². The van der Waals surface area contributed by atoms with Crippen molar-refractivity contribution < 1.29 is 9.90 Å². The quantitative estimate of drug-likeness (QED) is 0.628. The van der Waals surface area contributed by atoms with Crippen LogP contribution >= 0.6 is 0 Å². The van der Waals surface area contributed by atoms with Crippen LogP contribution in [0.25, 0.3) is 16.4 Å². The molecule has 0 aliphatic carbocycles. The van der Waals surface area contributed by atoms with Gasteiger partial charge in [-0.25, -0.2) is 4.98 Å². The summed E-state index contributed by atoms with van der Waals surface area (Å²) in [4.78, 5) is 14.8. The SMILES string of the molecule is O=Cc1cn2ccc3cccc(O)c3c2n1. The van der Waals surface area contributed by atoms with E-state index in [0.29, 0.717) is 23.0 Å². The summed E-state index contributed by atoms with van der Waals surface area (Å²) in [5, 5.41) is 11.4. The molecule has 0 fully saturated rings. The molecule has 78 valence electrons. The molecule has 0 atom stereocenters. The minimum atomic E-state index is 0.172. The van der Waals surface area contributed by atoms with Gasteiger partial charge in [0.05, 0.1) is 5.39 Å². The Hall–Kier alpha value is -2.36. The largest absolute Gasteiger partial charge is 0.507 e. The van der Waals surface area contributed by atoms with Gasteiger partial charge in [-0.3, -0.25) is 4.79 Å². The van der Waals surface area contributed by atoms with Gasteiger partial charge in [-0.15, -0.1) is 0 Å². The van der Waals surface area contributed by atoms with Gasteiger partial charge in [-0.05, 0) is 17.5 Å². The normalized spacial score (nSPS) is 11.0. The maximum Gasteiger partial charge on any atom is 0.170 e. The molecule has 4 nitrogen and oxygen atoms in total. The maximum atomic E-state index is 10.7. The number of fused-ring (bicyclic) bond motifs is 3. The van der Waals surface area contributed by atoms with Crippen LogP contribution in [0.3, 0.4) is 0 Å². The molecule has 0 amide bonds. The van der Waals surface area contributed by atoms with E-state index in [2.05, 4.69) is 4.98 Å². The molecule has 0 unspecified atom stereocenters. The molecule has 3 rings (SSSR count). The van der Waals surface area contributed by atoms with Crippen molar-refractivity contribution in [2.24, 2.45) is 0 Å². The average molecular weight is 212 g/mol. The van der Waals surface area contributed by atoms with E-state index < -0.39 is 0 Å². The van der Waals surface area contributed by atoms with Gasteiger partial charge in [0.1, 0.15) is 17.1 Å². The number of nitrogens with zero attached hydrogens (tertiary/aromatic N) is 2. The van der Waals surface area contributed by atoms with Gasteiger partial charge in [-0.1, -0.05) is 12.1 Å². The van der Waals surface area contributed by atoms with Gasteiger partial charge in [0.25, 0.3) is 0 Å². The molecular formula is C12H8N2O2. The lowest BCUT2D eigenvalue weighted by Gasteiger charge is -2.02. The third-order valence-electron chi connectivity index (χ3n) is 2.58. The van der Waals surface area contributed by atoms with Crippen LogP contribution in [0.1, 0.15) is 10.5 Å². The summed E-state index contributed by atoms with van der Waals surface area (Å²) < 4.78 is 1.73. The second-order valence-corrected chi connectivity index (χ2v) is 3.57. The molecule has 4 heteroatoms. The number of pyridine rings is 1. The second kappa shape index (κ2) is 3.06. The Balaban J connectivity index is 2.56. The predicted molar refractivity (Wildman–Crippen MR) is 59.8 cm³/mol. The monoisotopic (exact) mass is 212 g/mol. The van der Waals surface area contributed by atoms with Gasteiger partial charge in [0.2, 0.25) is 0 Å². The van der Waals surface area contributed by atoms with Crippen molar-refractivity contribution in [3.8, 4) is 5.75 Å². The van der Waals surface area contributed by atoms with Gasteiger partial charge in [0, 0.05) is 12.4 Å². The molecule has 0 bridgehead atoms. The van der Waals surface area contributed by atoms with Crippen LogP contribution in [0.2, 0.25) is 0 Å². The number of phenolic OH excluding ortho intramolecular Hbond substituents is 1. The maximum absolute atomic E-state index is 10.7. The molecule has 16 heavy (non-hydrogen) atoms. The van der Waals surface area contributed by atoms with Crippen molar-refractivity contribution >= 4 is 22.7 Å². The Morgan fingerprint density at radius 1 is 1.31 bits per heavy atom. The Bertz CT molecular complexity index is 701. The van der Waals surface area contributed by atoms with Crippen LogP contribution in [-0.2, 0) is 0 Å². The number of rotatable bonds is 1. The first kappa shape index (κ1) is 8.91. The van der Waals surface area contributed by atoms with Crippen LogP contribution in [0.4, 0.5) is 0 Å². The first-order chi connectivity index (χ1) is 7.79. The zero-order chi connectivity index (χ0) is 11.1. The number of carbonyl (C=O) groups is 1. The summed E-state index contributed by atoms with van der Waals surface area (Å²) in [6.07, 6.45) is 4.14. The predicted octanol–water partition coefficient (Wildman–Crippen LogP) is 2.01. The summed E-state index contributed by atoms with van der Waals surface area (Å²) >= 11 is 0. The summed E-state index contributed by atoms with van der Waals surface area (Å²) in [5.74, 6) is 0.172. The molecule has 1 N–H and O–H groups in total. The molecule has 2 aromatic heterocycles. The van der Waals surface area contributed by atoms with Gasteiger partial charge < -0.3 is 9.51 Å². The molecule has 3 aromatic rings. The highest BCUT2D eigenvalue weighted by Gasteiger charge is 2.08. The zero-order valence-corrected chi connectivity index (χ0v) is 8.29. The van der Waals surface area contributed by atoms with E-state index in [4.69, 9.17) is 0 Å². The van der Waals surface area contributed by atoms with E-state index in [-0.39, 0.29) is 5.75 Å². The molecule has 0 saturated heterocycles. The Morgan fingerprint density at radius 2 is 2.19 bits per heavy atom. The topological polar surface area (TPSA) is 54.6 Å². The van der Waals surface area contributed by atoms with Gasteiger partial charge in [-0.2, -0.15) is 0 Å². The molecular weight excluding hydrogens is 204 g/mol. The lowest BCUT2D eigenvalue weighted by molar-refractivity contribution is 0.111. The molecule has 2 heterocycles. The fourth-order valence-corrected chi connectivity index (χ4v) is 1.87. The minimum Gasteiger partial charge on any atom is -0.507 e. The van der Waals surface area contributed by atoms with Crippen LogP contribution < -0.4 is 0 Å². The Labute approximate surface area is 90.8 Å². The highest BCUT2D eigenvalue weighted by molar-refractivity contribution is 5.99. The van der Waals surface area contributed by atoms with Crippen molar-refractivity contribution in [1.82, 2.24) is 9.38 Å². The Kier molecular flexibility index (Phi) is 1.71. The lowest BCUT2D eigenvalue weighted by Crippen LogP contribution is -1.84. The van der Waals surface area contributed by atoms with Crippen molar-refractivity contribution in [3.05, 3.63) is 42.4 Å². The number of aldehydes is 1. The Morgan fingerprint density at radius 3 is 3.00 bits per heavy atom. The summed E-state index contributed by atoms with van der Waals surface area (Å²) in [6.45, 7) is 0. The van der Waals surface area contributed by atoms with Crippen LogP contribution in [-0.4, -0.2) is 20.8 Å². The summed E-state index contributed by atoms with van der Waals surface area (Å²) in [7, 11) is 0. The van der Waals surface area contributed by atoms with Crippen molar-refractivity contribution in [3.63, 3.8) is 0 Å². The fraction of sp³-hybridized carbons (Fsp3) is 0. The number of hydrogen-bond donors (Lipinski definition) is 1. The van der Waals surface area contributed by atoms with Crippen LogP contribution in [0.15, 0.2) is 36.7 Å². The number of phenols is 1. The lowest BCUT2D eigenvalue weighted by atomic mass is 10.1. The number of hydrogen-bond acceptors (Lipinski definition) is 3. The third-order valence-corrected chi connectivity index (χ3v) is 2.58. The molecule has 0 aliphatic heterocycles. The summed E-state index contributed by atoms with van der Waals surface area (Å²) in [5.41, 5.74) is 0.952. The van der Waals surface area contributed by atoms with Crippen molar-refractivity contribution in [1.29, 1.82) is 0 Å². The zero-order valence-electron chi connectivity index (χ0n) is 8.29. The molecule has 0 saturated carbocycles. The third kappa shape index (κ3) is 1.10. The standard InChI is InChI=1S/C12H8N2O2/c15-7-9-6-14-5-4-8-2-1-3-10(16)11(8)12(14)13-9/h1-7,16H. The highest BCUT2D eigenvalue weighted by atomic mass is 16.3. The number of imidazole rings is 1. The number of carbonyl (C=O) groups excluding carboxylic acids is 1. The first-order valence-corrected chi connectivity index (χ1v) is 4.84. The van der Waals surface area contributed by atoms with Crippen LogP contribution in [0, 0.1) is 0 Å². The average Bonchev–Trinajstić information content (AvgIpc) is 2.72. The number of aromatic hydroxyl groups is 1. The smallest absolute Gasteiger partial charge is 0.170 e. The van der Waals surface area contributed by atoms with E-state index in [1.54, 1.807) is 22.7 Å². The number of benzene rings is 1. The molecule has 1 aromatic carbocycles. The molecule has 0 spiro atoms. The first-order valence-electron chi connectivity index (χ1n) is 4.84. The minimum absolute atomic E-state index is 0.172. The highest BCUT2D eigenvalue weighted by Crippen LogP contribution is 2.27. The van der Waals surface area contributed by atoms with Crippen molar-refractivity contribution in [2.45, 2.75) is 0 Å². The summed E-state index contributed by atoms with van der Waals surface area (Å²) in [6, 6.07) is 7.15. The van der Waals surface area contributed by atoms with E-state index in [9.17, 15) is 9.90 Å². The fourth-order valence-electron chi connectivity index (χ4n) is 1.87. The number of aromatic nitrogens is 2. The van der Waals surface area contributed by atoms with E-state index in [1.807, 2.05) is 18.3 Å². The molecule has 0 radical (unpaired) electrons. The van der Waals surface area contributed by atoms with Crippen LogP contribution in [0.5, 0.6) is 5.75 Å². The van der Waals surface area contributed by atoms with E-state index >= 15 is 0 Å².